The van der Waals surface area contributed by atoms with Gasteiger partial charge in [0.25, 0.3) is 0 Å². The Labute approximate surface area is 87.1 Å². The molecule has 1 atom stereocenters. The van der Waals surface area contributed by atoms with Crippen molar-refractivity contribution in [2.75, 3.05) is 0 Å². The minimum atomic E-state index is -1.09. The molecule has 0 aromatic carbocycles. The van der Waals surface area contributed by atoms with Gasteiger partial charge in [-0.15, -0.1) is 0 Å². The molecule has 0 aromatic heterocycles. The van der Waals surface area contributed by atoms with Gasteiger partial charge in [0.2, 0.25) is 0 Å². The van der Waals surface area contributed by atoms with Gasteiger partial charge in [-0.3, -0.25) is 0 Å². The normalized spacial score (nSPS) is 11.8. The Morgan fingerprint density at radius 3 is 2.00 bits per heavy atom. The van der Waals surface area contributed by atoms with E-state index in [9.17, 15) is 9.59 Å². The first-order valence-electron chi connectivity index (χ1n) is 3.90. The number of esters is 1. The highest BCUT2D eigenvalue weighted by Crippen LogP contribution is 1.86. The summed E-state index contributed by atoms with van der Waals surface area (Å²) in [6.07, 6.45) is 0.509. The number of carbonyl (C=O) groups excluding carboxylic acids is 1. The van der Waals surface area contributed by atoms with Gasteiger partial charge in [-0.05, 0) is 13.8 Å². The number of aliphatic hydroxyl groups is 2. The van der Waals surface area contributed by atoms with Gasteiger partial charge in [-0.25, -0.2) is 9.59 Å². The Bertz CT molecular complexity index is 253. The SMILES string of the molecule is C=CC(=O)OC(C)O.CC(=CO)C(=O)O. The van der Waals surface area contributed by atoms with Crippen LogP contribution in [0.25, 0.3) is 0 Å². The summed E-state index contributed by atoms with van der Waals surface area (Å²) in [5.74, 6) is -1.71. The quantitative estimate of drug-likeness (QED) is 0.277. The Morgan fingerprint density at radius 1 is 1.47 bits per heavy atom. The molecule has 86 valence electrons. The molecule has 0 fully saturated rings. The zero-order chi connectivity index (χ0) is 12.4. The highest BCUT2D eigenvalue weighted by molar-refractivity contribution is 5.85. The summed E-state index contributed by atoms with van der Waals surface area (Å²) in [7, 11) is 0. The zero-order valence-corrected chi connectivity index (χ0v) is 8.51. The van der Waals surface area contributed by atoms with Crippen molar-refractivity contribution in [3.05, 3.63) is 24.5 Å². The smallest absolute Gasteiger partial charge is 0.334 e. The van der Waals surface area contributed by atoms with Crippen LogP contribution in [0.15, 0.2) is 24.5 Å². The second-order valence-electron chi connectivity index (χ2n) is 2.36. The molecule has 0 aliphatic heterocycles. The summed E-state index contributed by atoms with van der Waals surface area (Å²) in [5.41, 5.74) is -0.0556. The average Bonchev–Trinajstić information content (AvgIpc) is 2.16. The van der Waals surface area contributed by atoms with Crippen LogP contribution in [0.4, 0.5) is 0 Å². The lowest BCUT2D eigenvalue weighted by atomic mass is 10.4. The number of aliphatic carboxylic acids is 1. The number of hydrogen-bond donors (Lipinski definition) is 3. The van der Waals surface area contributed by atoms with Crippen LogP contribution in [0.3, 0.4) is 0 Å². The first-order chi connectivity index (χ1) is 6.84. The van der Waals surface area contributed by atoms with E-state index < -0.39 is 18.2 Å². The van der Waals surface area contributed by atoms with E-state index >= 15 is 0 Å². The molecule has 0 aromatic rings. The third kappa shape index (κ3) is 12.2. The molecule has 3 N–H and O–H groups in total. The lowest BCUT2D eigenvalue weighted by Crippen LogP contribution is -2.10. The van der Waals surface area contributed by atoms with Crippen molar-refractivity contribution in [2.45, 2.75) is 20.1 Å². The highest BCUT2D eigenvalue weighted by Gasteiger charge is 1.98. The summed E-state index contributed by atoms with van der Waals surface area (Å²) in [5, 5.41) is 24.3. The summed E-state index contributed by atoms with van der Waals surface area (Å²) >= 11 is 0. The van der Waals surface area contributed by atoms with Crippen LogP contribution in [0, 0.1) is 0 Å². The van der Waals surface area contributed by atoms with E-state index in [1.807, 2.05) is 0 Å². The Morgan fingerprint density at radius 2 is 1.93 bits per heavy atom. The molecule has 0 rings (SSSR count). The van der Waals surface area contributed by atoms with Crippen LogP contribution in [-0.2, 0) is 14.3 Å². The number of ether oxygens (including phenoxy) is 1. The summed E-state index contributed by atoms with van der Waals surface area (Å²) < 4.78 is 4.20. The van der Waals surface area contributed by atoms with Gasteiger partial charge in [0.15, 0.2) is 6.29 Å². The molecule has 1 unspecified atom stereocenters. The number of carbonyl (C=O) groups is 2. The first-order valence-corrected chi connectivity index (χ1v) is 3.90. The van der Waals surface area contributed by atoms with Crippen LogP contribution < -0.4 is 0 Å². The minimum Gasteiger partial charge on any atom is -0.515 e. The number of aliphatic hydroxyl groups excluding tert-OH is 2. The monoisotopic (exact) mass is 218 g/mol. The predicted molar refractivity (Wildman–Crippen MR) is 52.0 cm³/mol. The lowest BCUT2D eigenvalue weighted by molar-refractivity contribution is -0.158. The highest BCUT2D eigenvalue weighted by atomic mass is 16.6. The van der Waals surface area contributed by atoms with Crippen molar-refractivity contribution >= 4 is 11.9 Å². The Kier molecular flexibility index (Phi) is 9.14. The van der Waals surface area contributed by atoms with E-state index in [2.05, 4.69) is 11.3 Å². The van der Waals surface area contributed by atoms with Gasteiger partial charge in [0.05, 0.1) is 11.8 Å². The first kappa shape index (κ1) is 15.6. The van der Waals surface area contributed by atoms with Crippen molar-refractivity contribution < 1.29 is 29.6 Å². The van der Waals surface area contributed by atoms with Gasteiger partial charge in [-0.1, -0.05) is 6.58 Å². The third-order valence-electron chi connectivity index (χ3n) is 0.984. The van der Waals surface area contributed by atoms with Crippen molar-refractivity contribution in [3.63, 3.8) is 0 Å². The predicted octanol–water partition coefficient (Wildman–Crippen LogP) is 0.587. The molecule has 0 bridgehead atoms. The van der Waals surface area contributed by atoms with E-state index in [0.717, 1.165) is 6.08 Å². The maximum absolute atomic E-state index is 10.1. The van der Waals surface area contributed by atoms with E-state index in [-0.39, 0.29) is 5.57 Å². The molecule has 0 radical (unpaired) electrons. The van der Waals surface area contributed by atoms with Crippen LogP contribution in [0.5, 0.6) is 0 Å². The minimum absolute atomic E-state index is 0.0556. The fourth-order valence-electron chi connectivity index (χ4n) is 0.271. The molecule has 0 spiro atoms. The fraction of sp³-hybridized carbons (Fsp3) is 0.333. The second-order valence-corrected chi connectivity index (χ2v) is 2.36. The number of carboxylic acids is 1. The van der Waals surface area contributed by atoms with Crippen LogP contribution in [-0.4, -0.2) is 33.5 Å². The molecular weight excluding hydrogens is 204 g/mol. The van der Waals surface area contributed by atoms with Crippen molar-refractivity contribution in [3.8, 4) is 0 Å². The van der Waals surface area contributed by atoms with Gasteiger partial charge in [0, 0.05) is 6.08 Å². The summed E-state index contributed by atoms with van der Waals surface area (Å²) in [6.45, 7) is 5.78. The van der Waals surface area contributed by atoms with Gasteiger partial charge >= 0.3 is 11.9 Å². The van der Waals surface area contributed by atoms with Crippen LogP contribution in [0.1, 0.15) is 13.8 Å². The number of rotatable bonds is 3. The standard InChI is InChI=1S/C5H8O3.C4H6O3/c1-3-5(7)8-4(2)6;1-3(2-5)4(6)7/h3-4,6H,1H2,2H3;2,5H,1H3,(H,6,7). The maximum atomic E-state index is 10.1. The topological polar surface area (TPSA) is 104 Å². The summed E-state index contributed by atoms with van der Waals surface area (Å²) in [4.78, 5) is 19.8. The molecule has 0 aliphatic carbocycles. The van der Waals surface area contributed by atoms with Crippen molar-refractivity contribution in [2.24, 2.45) is 0 Å². The molecule has 15 heavy (non-hydrogen) atoms. The molecule has 0 aliphatic rings. The van der Waals surface area contributed by atoms with Crippen molar-refractivity contribution in [1.29, 1.82) is 0 Å². The second kappa shape index (κ2) is 8.76. The van der Waals surface area contributed by atoms with Crippen LogP contribution >= 0.6 is 0 Å². The van der Waals surface area contributed by atoms with E-state index in [1.165, 1.54) is 13.8 Å². The van der Waals surface area contributed by atoms with Gasteiger partial charge < -0.3 is 20.1 Å². The molecule has 0 heterocycles. The number of carboxylic acid groups (broad SMARTS) is 1. The molecule has 0 saturated heterocycles. The van der Waals surface area contributed by atoms with E-state index in [0.29, 0.717) is 6.26 Å². The van der Waals surface area contributed by atoms with Gasteiger partial charge in [0.1, 0.15) is 0 Å². The van der Waals surface area contributed by atoms with Crippen molar-refractivity contribution in [1.82, 2.24) is 0 Å². The maximum Gasteiger partial charge on any atom is 0.334 e. The van der Waals surface area contributed by atoms with E-state index in [1.54, 1.807) is 0 Å². The Balaban J connectivity index is 0. The number of hydrogen-bond acceptors (Lipinski definition) is 5. The fourth-order valence-corrected chi connectivity index (χ4v) is 0.271. The van der Waals surface area contributed by atoms with E-state index in [4.69, 9.17) is 15.3 Å². The lowest BCUT2D eigenvalue weighted by Gasteiger charge is -2.01. The van der Waals surface area contributed by atoms with Gasteiger partial charge in [-0.2, -0.15) is 0 Å². The molecule has 0 amide bonds. The third-order valence-corrected chi connectivity index (χ3v) is 0.984. The summed E-state index contributed by atoms with van der Waals surface area (Å²) in [6, 6.07) is 0. The average molecular weight is 218 g/mol. The van der Waals surface area contributed by atoms with Crippen LogP contribution in [0.2, 0.25) is 0 Å². The molecule has 0 saturated carbocycles. The molecule has 6 nitrogen and oxygen atoms in total. The molecule has 6 heteroatoms. The zero-order valence-electron chi connectivity index (χ0n) is 8.51. The Hall–Kier alpha value is -1.82. The molecular formula is C9H14O6. The largest absolute Gasteiger partial charge is 0.515 e.